The molecule has 0 aliphatic carbocycles. The number of nitrogens with one attached hydrogen (secondary N) is 1. The second-order valence-electron chi connectivity index (χ2n) is 10.5. The Morgan fingerprint density at radius 2 is 1.86 bits per heavy atom. The van der Waals surface area contributed by atoms with E-state index in [2.05, 4.69) is 32.4 Å². The Morgan fingerprint density at radius 1 is 1.05 bits per heavy atom. The summed E-state index contributed by atoms with van der Waals surface area (Å²) in [5.74, 6) is 1.66. The maximum atomic E-state index is 15.7. The predicted molar refractivity (Wildman–Crippen MR) is 139 cm³/mol. The largest absolute Gasteiger partial charge is 0.507 e. The number of pyridine rings is 1. The molecule has 3 aromatic rings. The number of piperidine rings is 2. The number of rotatable bonds is 6. The molecule has 2 N–H and O–H groups in total. The van der Waals surface area contributed by atoms with Crippen molar-refractivity contribution in [2.24, 2.45) is 0 Å². The summed E-state index contributed by atoms with van der Waals surface area (Å²) in [6, 6.07) is 6.64. The van der Waals surface area contributed by atoms with Crippen LogP contribution in [0.15, 0.2) is 36.7 Å². The van der Waals surface area contributed by atoms with Gasteiger partial charge in [-0.05, 0) is 63.3 Å². The second kappa shape index (κ2) is 9.41. The minimum Gasteiger partial charge on any atom is -0.507 e. The molecule has 5 rings (SSSR count). The van der Waals surface area contributed by atoms with Gasteiger partial charge in [0.05, 0.1) is 32.0 Å². The molecule has 37 heavy (non-hydrogen) atoms. The maximum absolute atomic E-state index is 15.7. The standard InChI is InChI=1S/C27H33FN6O3/c1-26-9-6-10-27(2,33-26)23(28)19(13-26)34(3)22-15-29-24(32-31-22)18-8-7-16(11-20(18)35)17-12-21(36-4)25(37-5)30-14-17/h7-8,11-12,14-15,19,23,33,35H,6,9-10,13H2,1-5H3/t19-,23-,26-,27+/m1/s1. The molecule has 9 nitrogen and oxygen atoms in total. The molecule has 2 aliphatic heterocycles. The third kappa shape index (κ3) is 4.54. The van der Waals surface area contributed by atoms with Crippen LogP contribution in [0.2, 0.25) is 0 Å². The molecule has 0 spiro atoms. The lowest BCUT2D eigenvalue weighted by molar-refractivity contribution is 0.00193. The second-order valence-corrected chi connectivity index (χ2v) is 10.5. The van der Waals surface area contributed by atoms with Crippen LogP contribution in [-0.2, 0) is 0 Å². The summed E-state index contributed by atoms with van der Waals surface area (Å²) in [4.78, 5) is 10.6. The Bertz CT molecular complexity index is 1290. The Balaban J connectivity index is 1.37. The number of aromatic hydroxyl groups is 1. The highest BCUT2D eigenvalue weighted by molar-refractivity contribution is 5.73. The van der Waals surface area contributed by atoms with Crippen LogP contribution in [0.4, 0.5) is 10.2 Å². The molecule has 2 aromatic heterocycles. The van der Waals surface area contributed by atoms with Gasteiger partial charge in [0.15, 0.2) is 17.4 Å². The van der Waals surface area contributed by atoms with Gasteiger partial charge in [-0.25, -0.2) is 14.4 Å². The lowest BCUT2D eigenvalue weighted by atomic mass is 9.68. The fraction of sp³-hybridized carbons (Fsp3) is 0.481. The molecule has 2 aliphatic rings. The summed E-state index contributed by atoms with van der Waals surface area (Å²) < 4.78 is 26.2. The molecule has 2 fully saturated rings. The van der Waals surface area contributed by atoms with Crippen LogP contribution >= 0.6 is 0 Å². The minimum absolute atomic E-state index is 0.00559. The normalized spacial score (nSPS) is 27.0. The number of alkyl halides is 1. The molecule has 1 aromatic carbocycles. The molecule has 0 amide bonds. The van der Waals surface area contributed by atoms with Crippen molar-refractivity contribution in [2.45, 2.75) is 62.8 Å². The van der Waals surface area contributed by atoms with Gasteiger partial charge in [0.25, 0.3) is 5.88 Å². The molecule has 0 unspecified atom stereocenters. The molecule has 4 atom stereocenters. The number of methoxy groups -OCH3 is 2. The van der Waals surface area contributed by atoms with Crippen molar-refractivity contribution in [2.75, 3.05) is 26.2 Å². The van der Waals surface area contributed by atoms with E-state index in [4.69, 9.17) is 9.47 Å². The lowest BCUT2D eigenvalue weighted by Gasteiger charge is -2.56. The Hall–Kier alpha value is -3.53. The molecule has 196 valence electrons. The number of halogens is 1. The van der Waals surface area contributed by atoms with Crippen molar-refractivity contribution in [1.29, 1.82) is 0 Å². The summed E-state index contributed by atoms with van der Waals surface area (Å²) in [5, 5.41) is 22.9. The topological polar surface area (TPSA) is 106 Å². The van der Waals surface area contributed by atoms with E-state index in [1.807, 2.05) is 24.9 Å². The predicted octanol–water partition coefficient (Wildman–Crippen LogP) is 4.16. The number of phenolic OH excluding ortho intramolecular Hbond substituents is 1. The number of nitrogens with zero attached hydrogens (tertiary/aromatic N) is 5. The molecule has 0 saturated carbocycles. The number of benzene rings is 1. The molecule has 0 radical (unpaired) electrons. The van der Waals surface area contributed by atoms with Gasteiger partial charge in [0.2, 0.25) is 0 Å². The van der Waals surface area contributed by atoms with E-state index in [-0.39, 0.29) is 23.2 Å². The Labute approximate surface area is 216 Å². The summed E-state index contributed by atoms with van der Waals surface area (Å²) in [5.41, 5.74) is 1.28. The molecule has 10 heteroatoms. The highest BCUT2D eigenvalue weighted by Crippen LogP contribution is 2.43. The summed E-state index contributed by atoms with van der Waals surface area (Å²) in [7, 11) is 4.91. The van der Waals surface area contributed by atoms with Crippen LogP contribution in [0.5, 0.6) is 17.4 Å². The third-order valence-electron chi connectivity index (χ3n) is 7.83. The van der Waals surface area contributed by atoms with Gasteiger partial charge >= 0.3 is 0 Å². The molecular weight excluding hydrogens is 475 g/mol. The van der Waals surface area contributed by atoms with E-state index in [1.54, 1.807) is 37.7 Å². The number of ether oxygens (including phenoxy) is 2. The lowest BCUT2D eigenvalue weighted by Crippen LogP contribution is -2.72. The van der Waals surface area contributed by atoms with Gasteiger partial charge in [0.1, 0.15) is 11.9 Å². The number of anilines is 1. The smallest absolute Gasteiger partial charge is 0.256 e. The van der Waals surface area contributed by atoms with Gasteiger partial charge in [-0.3, -0.25) is 0 Å². The number of fused-ring (bicyclic) bond motifs is 2. The third-order valence-corrected chi connectivity index (χ3v) is 7.83. The van der Waals surface area contributed by atoms with Gasteiger partial charge in [0, 0.05) is 29.9 Å². The first-order chi connectivity index (χ1) is 17.7. The van der Waals surface area contributed by atoms with Gasteiger partial charge < -0.3 is 24.8 Å². The van der Waals surface area contributed by atoms with Gasteiger partial charge in [-0.1, -0.05) is 6.07 Å². The van der Waals surface area contributed by atoms with E-state index in [9.17, 15) is 5.11 Å². The molecule has 4 heterocycles. The van der Waals surface area contributed by atoms with Crippen LogP contribution in [0, 0.1) is 0 Å². The molecular formula is C27H33FN6O3. The van der Waals surface area contributed by atoms with Crippen LogP contribution in [0.25, 0.3) is 22.5 Å². The van der Waals surface area contributed by atoms with Crippen LogP contribution in [-0.4, -0.2) is 69.8 Å². The number of phenols is 1. The van der Waals surface area contributed by atoms with E-state index < -0.39 is 11.7 Å². The summed E-state index contributed by atoms with van der Waals surface area (Å²) in [6.45, 7) is 4.15. The van der Waals surface area contributed by atoms with Crippen molar-refractivity contribution < 1.29 is 19.0 Å². The zero-order valence-electron chi connectivity index (χ0n) is 21.8. The average Bonchev–Trinajstić information content (AvgIpc) is 2.90. The average molecular weight is 509 g/mol. The summed E-state index contributed by atoms with van der Waals surface area (Å²) in [6.07, 6.45) is 5.72. The fourth-order valence-corrected chi connectivity index (χ4v) is 5.86. The zero-order chi connectivity index (χ0) is 26.4. The highest BCUT2D eigenvalue weighted by atomic mass is 19.1. The first-order valence-electron chi connectivity index (χ1n) is 12.4. The van der Waals surface area contributed by atoms with Crippen LogP contribution < -0.4 is 19.7 Å². The number of hydrogen-bond donors (Lipinski definition) is 2. The van der Waals surface area contributed by atoms with Crippen molar-refractivity contribution in [3.05, 3.63) is 36.7 Å². The van der Waals surface area contributed by atoms with E-state index >= 15 is 4.39 Å². The van der Waals surface area contributed by atoms with E-state index in [1.165, 1.54) is 7.11 Å². The number of aromatic nitrogens is 4. The van der Waals surface area contributed by atoms with Gasteiger partial charge in [-0.2, -0.15) is 0 Å². The van der Waals surface area contributed by atoms with E-state index in [0.29, 0.717) is 29.4 Å². The summed E-state index contributed by atoms with van der Waals surface area (Å²) >= 11 is 0. The maximum Gasteiger partial charge on any atom is 0.256 e. The SMILES string of the molecule is COc1cc(-c2ccc(-c3ncc(N(C)[C@@H]4C[C@@]5(C)CCC[C@](C)(N5)[C@@H]4F)nn3)c(O)c2)cnc1OC. The Morgan fingerprint density at radius 3 is 2.54 bits per heavy atom. The van der Waals surface area contributed by atoms with E-state index in [0.717, 1.165) is 30.4 Å². The quantitative estimate of drug-likeness (QED) is 0.508. The van der Waals surface area contributed by atoms with Crippen LogP contribution in [0.3, 0.4) is 0 Å². The van der Waals surface area contributed by atoms with Crippen molar-refractivity contribution in [1.82, 2.24) is 25.5 Å². The zero-order valence-corrected chi connectivity index (χ0v) is 21.8. The first-order valence-corrected chi connectivity index (χ1v) is 12.4. The first kappa shape index (κ1) is 25.1. The fourth-order valence-electron chi connectivity index (χ4n) is 5.86. The molecule has 2 bridgehead atoms. The van der Waals surface area contributed by atoms with Crippen molar-refractivity contribution in [3.63, 3.8) is 0 Å². The number of hydrogen-bond acceptors (Lipinski definition) is 9. The van der Waals surface area contributed by atoms with Crippen molar-refractivity contribution in [3.8, 4) is 39.9 Å². The molecule has 2 saturated heterocycles. The van der Waals surface area contributed by atoms with Gasteiger partial charge in [-0.15, -0.1) is 10.2 Å². The monoisotopic (exact) mass is 508 g/mol. The van der Waals surface area contributed by atoms with Crippen LogP contribution in [0.1, 0.15) is 39.5 Å². The highest BCUT2D eigenvalue weighted by Gasteiger charge is 2.53. The minimum atomic E-state index is -1.05. The van der Waals surface area contributed by atoms with Crippen molar-refractivity contribution >= 4 is 5.82 Å². The Kier molecular flexibility index (Phi) is 6.39.